The Morgan fingerprint density at radius 3 is 2.59 bits per heavy atom. The van der Waals surface area contributed by atoms with Crippen LogP contribution in [0.25, 0.3) is 0 Å². The van der Waals surface area contributed by atoms with Crippen molar-refractivity contribution < 1.29 is 41.7 Å². The molecule has 1 aliphatic rings. The number of morpholine rings is 1. The number of nitrogens with two attached hydrogens (primary N) is 1. The summed E-state index contributed by atoms with van der Waals surface area (Å²) in [6.45, 7) is 7.48. The minimum Gasteiger partial charge on any atom is -0.467 e. The molecule has 1 fully saturated rings. The Kier molecular flexibility index (Phi) is 11.1. The van der Waals surface area contributed by atoms with Crippen molar-refractivity contribution in [3.05, 3.63) is 81.7 Å². The number of halogens is 2. The smallest absolute Gasteiger partial charge is 0.340 e. The van der Waals surface area contributed by atoms with Gasteiger partial charge in [-0.05, 0) is 70.5 Å². The van der Waals surface area contributed by atoms with Crippen LogP contribution >= 0.6 is 23.2 Å². The van der Waals surface area contributed by atoms with E-state index in [4.69, 9.17) is 47.0 Å². The first kappa shape index (κ1) is 35.7. The first-order chi connectivity index (χ1) is 21.5. The normalized spacial score (nSPS) is 20.6. The van der Waals surface area contributed by atoms with Gasteiger partial charge in [-0.3, -0.25) is 9.69 Å². The number of nitrogens with one attached hydrogen (secondary N) is 1. The van der Waals surface area contributed by atoms with Gasteiger partial charge in [-0.25, -0.2) is 18.4 Å². The number of sulfonamides is 1. The SMILES string of the molecule is CC(OC(=O)CCCOC(=O)c1cc(S(N)(=O)=O)c(Cl)cc1NCc1ccco1)N1[C@@H](C)[C@](O)(c2cccc(Cl)c2)OCC1(C)C. The highest BCUT2D eigenvalue weighted by Crippen LogP contribution is 2.41. The lowest BCUT2D eigenvalue weighted by molar-refractivity contribution is -0.320. The molecule has 1 saturated heterocycles. The van der Waals surface area contributed by atoms with E-state index < -0.39 is 50.5 Å². The molecule has 3 aromatic rings. The molecule has 4 N–H and O–H groups in total. The number of nitrogens with zero attached hydrogens (tertiary/aromatic N) is 1. The number of primary sulfonamides is 1. The van der Waals surface area contributed by atoms with E-state index in [0.717, 1.165) is 6.07 Å². The van der Waals surface area contributed by atoms with Gasteiger partial charge in [0, 0.05) is 22.5 Å². The Labute approximate surface area is 277 Å². The maximum atomic E-state index is 13.0. The zero-order chi connectivity index (χ0) is 33.9. The van der Waals surface area contributed by atoms with Crippen LogP contribution in [0.1, 0.15) is 62.2 Å². The summed E-state index contributed by atoms with van der Waals surface area (Å²) in [6.07, 6.45) is 0.778. The van der Waals surface area contributed by atoms with Crippen molar-refractivity contribution in [1.29, 1.82) is 0 Å². The maximum absolute atomic E-state index is 13.0. The first-order valence-corrected chi connectivity index (χ1v) is 16.7. The topological polar surface area (TPSA) is 171 Å². The van der Waals surface area contributed by atoms with Crippen molar-refractivity contribution >= 4 is 50.9 Å². The Morgan fingerprint density at radius 2 is 1.93 bits per heavy atom. The highest BCUT2D eigenvalue weighted by atomic mass is 35.5. The third kappa shape index (κ3) is 8.21. The second kappa shape index (κ2) is 14.3. The van der Waals surface area contributed by atoms with E-state index in [1.54, 1.807) is 50.2 Å². The monoisotopic (exact) mass is 697 g/mol. The van der Waals surface area contributed by atoms with E-state index in [0.29, 0.717) is 16.3 Å². The van der Waals surface area contributed by atoms with Crippen LogP contribution in [0.4, 0.5) is 5.69 Å². The Balaban J connectivity index is 1.37. The second-order valence-electron chi connectivity index (χ2n) is 11.5. The van der Waals surface area contributed by atoms with Crippen LogP contribution in [0.3, 0.4) is 0 Å². The van der Waals surface area contributed by atoms with Crippen LogP contribution in [0.5, 0.6) is 0 Å². The maximum Gasteiger partial charge on any atom is 0.340 e. The van der Waals surface area contributed by atoms with E-state index in [-0.39, 0.29) is 48.9 Å². The fraction of sp³-hybridized carbons (Fsp3) is 0.419. The Bertz CT molecular complexity index is 1670. The summed E-state index contributed by atoms with van der Waals surface area (Å²) in [5.41, 5.74) is -0.0419. The standard InChI is InChI=1S/C31H37Cl2N3O9S/c1-19-31(39,21-8-5-9-22(32)14-21)44-18-30(3,4)36(19)20(2)45-28(37)11-7-13-43-29(38)24-15-27(46(34,40)41)25(33)16-26(24)35-17-23-10-6-12-42-23/h5-6,8-10,12,14-16,19-20,35,39H,7,11,13,17-18H2,1-4H3,(H2,34,40,41)/t19-,20?,31+/m0/s1. The molecule has 1 unspecified atom stereocenters. The van der Waals surface area contributed by atoms with Crippen LogP contribution in [-0.4, -0.2) is 61.4 Å². The average Bonchev–Trinajstić information content (AvgIpc) is 3.49. The molecule has 0 aliphatic carbocycles. The van der Waals surface area contributed by atoms with Crippen LogP contribution in [0, 0.1) is 0 Å². The molecule has 12 nitrogen and oxygen atoms in total. The summed E-state index contributed by atoms with van der Waals surface area (Å²) in [7, 11) is -4.24. The van der Waals surface area contributed by atoms with E-state index in [1.807, 2.05) is 18.7 Å². The van der Waals surface area contributed by atoms with E-state index >= 15 is 0 Å². The number of carbonyl (C=O) groups excluding carboxylic acids is 2. The first-order valence-electron chi connectivity index (χ1n) is 14.4. The average molecular weight is 699 g/mol. The van der Waals surface area contributed by atoms with Gasteiger partial charge in [0.15, 0.2) is 6.23 Å². The number of carbonyl (C=O) groups is 2. The molecule has 2 aromatic carbocycles. The number of aliphatic hydroxyl groups is 1. The lowest BCUT2D eigenvalue weighted by Gasteiger charge is -2.54. The zero-order valence-electron chi connectivity index (χ0n) is 25.8. The van der Waals surface area contributed by atoms with Gasteiger partial charge in [0.05, 0.1) is 48.3 Å². The van der Waals surface area contributed by atoms with Gasteiger partial charge >= 0.3 is 11.9 Å². The molecule has 1 aromatic heterocycles. The van der Waals surface area contributed by atoms with E-state index in [9.17, 15) is 23.1 Å². The number of ether oxygens (including phenoxy) is 3. The molecule has 0 bridgehead atoms. The van der Waals surface area contributed by atoms with Crippen LogP contribution in [0.2, 0.25) is 10.0 Å². The highest BCUT2D eigenvalue weighted by molar-refractivity contribution is 7.89. The Hall–Kier alpha value is -3.17. The minimum atomic E-state index is -4.24. The highest BCUT2D eigenvalue weighted by Gasteiger charge is 2.52. The van der Waals surface area contributed by atoms with Gasteiger partial charge in [0.25, 0.3) is 0 Å². The van der Waals surface area contributed by atoms with Gasteiger partial charge in [-0.1, -0.05) is 35.3 Å². The molecular weight excluding hydrogens is 661 g/mol. The molecule has 0 amide bonds. The van der Waals surface area contributed by atoms with Crippen LogP contribution < -0.4 is 10.5 Å². The molecule has 4 rings (SSSR count). The van der Waals surface area contributed by atoms with Gasteiger partial charge < -0.3 is 29.1 Å². The quantitative estimate of drug-likeness (QED) is 0.172. The van der Waals surface area contributed by atoms with Crippen molar-refractivity contribution in [3.63, 3.8) is 0 Å². The molecular formula is C31H37Cl2N3O9S. The van der Waals surface area contributed by atoms with Crippen LogP contribution in [0.15, 0.2) is 64.1 Å². The predicted molar refractivity (Wildman–Crippen MR) is 171 cm³/mol. The largest absolute Gasteiger partial charge is 0.467 e. The second-order valence-corrected chi connectivity index (χ2v) is 13.9. The number of anilines is 1. The molecule has 46 heavy (non-hydrogen) atoms. The van der Waals surface area contributed by atoms with Crippen molar-refractivity contribution in [2.75, 3.05) is 18.5 Å². The molecule has 0 radical (unpaired) electrons. The van der Waals surface area contributed by atoms with Crippen molar-refractivity contribution in [3.8, 4) is 0 Å². The summed E-state index contributed by atoms with van der Waals surface area (Å²) in [6, 6.07) is 11.8. The number of rotatable bonds is 12. The lowest BCUT2D eigenvalue weighted by atomic mass is 9.89. The molecule has 0 saturated carbocycles. The third-order valence-corrected chi connectivity index (χ3v) is 9.26. The predicted octanol–water partition coefficient (Wildman–Crippen LogP) is 5.02. The number of esters is 2. The zero-order valence-corrected chi connectivity index (χ0v) is 28.1. The molecule has 0 spiro atoms. The third-order valence-electron chi connectivity index (χ3n) is 7.65. The van der Waals surface area contributed by atoms with Gasteiger partial charge in [0.2, 0.25) is 15.8 Å². The van der Waals surface area contributed by atoms with Gasteiger partial charge in [-0.2, -0.15) is 0 Å². The lowest BCUT2D eigenvalue weighted by Crippen LogP contribution is -2.67. The Morgan fingerprint density at radius 1 is 1.20 bits per heavy atom. The molecule has 3 atom stereocenters. The number of hydrogen-bond acceptors (Lipinski definition) is 11. The van der Waals surface area contributed by atoms with Crippen LogP contribution in [-0.2, 0) is 41.4 Å². The summed E-state index contributed by atoms with van der Waals surface area (Å²) < 4.78 is 46.4. The van der Waals surface area contributed by atoms with E-state index in [1.165, 1.54) is 12.3 Å². The van der Waals surface area contributed by atoms with Crippen molar-refractivity contribution in [2.45, 2.75) is 75.6 Å². The van der Waals surface area contributed by atoms with Gasteiger partial charge in [-0.15, -0.1) is 0 Å². The fourth-order valence-electron chi connectivity index (χ4n) is 5.48. The minimum absolute atomic E-state index is 0.0814. The number of furan rings is 1. The molecule has 250 valence electrons. The van der Waals surface area contributed by atoms with Gasteiger partial charge in [0.1, 0.15) is 10.7 Å². The molecule has 15 heteroatoms. The van der Waals surface area contributed by atoms with Crippen molar-refractivity contribution in [1.82, 2.24) is 4.90 Å². The summed E-state index contributed by atoms with van der Waals surface area (Å²) in [5.74, 6) is -2.54. The summed E-state index contributed by atoms with van der Waals surface area (Å²) in [4.78, 5) is 27.3. The number of hydrogen-bond donors (Lipinski definition) is 3. The molecule has 1 aliphatic heterocycles. The molecule has 2 heterocycles. The summed E-state index contributed by atoms with van der Waals surface area (Å²) >= 11 is 12.3. The summed E-state index contributed by atoms with van der Waals surface area (Å²) in [5, 5.41) is 20.1. The number of benzene rings is 2. The van der Waals surface area contributed by atoms with Crippen molar-refractivity contribution in [2.24, 2.45) is 5.14 Å². The van der Waals surface area contributed by atoms with E-state index in [2.05, 4.69) is 5.32 Å². The fourth-order valence-corrected chi connectivity index (χ4v) is 6.77.